The number of morpholine rings is 1. The van der Waals surface area contributed by atoms with Crippen LogP contribution in [-0.2, 0) is 20.8 Å². The molecule has 0 spiro atoms. The maximum atomic E-state index is 5.80. The maximum absolute atomic E-state index is 5.80. The zero-order chi connectivity index (χ0) is 16.6. The second kappa shape index (κ2) is 9.33. The molecule has 0 amide bonds. The monoisotopic (exact) mass is 331 g/mol. The largest absolute Gasteiger partial charge is 0.382 e. The van der Waals surface area contributed by atoms with Crippen LogP contribution in [0.5, 0.6) is 0 Å². The molecule has 1 fully saturated rings. The van der Waals surface area contributed by atoms with Crippen molar-refractivity contribution >= 4 is 0 Å². The fourth-order valence-electron chi connectivity index (χ4n) is 3.62. The van der Waals surface area contributed by atoms with Crippen LogP contribution in [0.25, 0.3) is 0 Å². The SMILES string of the molecule is COCCOCCCC1=CC2COCC(C1)N2Cc1ccccc1. The normalized spacial score (nSPS) is 24.0. The van der Waals surface area contributed by atoms with Crippen LogP contribution >= 0.6 is 0 Å². The molecule has 2 bridgehead atoms. The van der Waals surface area contributed by atoms with Gasteiger partial charge in [0.25, 0.3) is 0 Å². The number of methoxy groups -OCH3 is 1. The van der Waals surface area contributed by atoms with Crippen LogP contribution in [-0.4, -0.2) is 57.1 Å². The highest BCUT2D eigenvalue weighted by molar-refractivity contribution is 5.20. The molecule has 0 N–H and O–H groups in total. The third kappa shape index (κ3) is 4.90. The molecule has 0 aliphatic carbocycles. The quantitative estimate of drug-likeness (QED) is 0.514. The standard InChI is InChI=1S/C20H29NO3/c1-22-10-11-23-9-5-8-18-12-19-15-24-16-20(13-18)21(19)14-17-6-3-2-4-7-17/h2-4,6-7,12,19-20H,5,8-11,13-16H2,1H3. The molecule has 0 radical (unpaired) electrons. The Labute approximate surface area is 145 Å². The summed E-state index contributed by atoms with van der Waals surface area (Å²) in [6.07, 6.45) is 5.79. The summed E-state index contributed by atoms with van der Waals surface area (Å²) in [7, 11) is 1.71. The lowest BCUT2D eigenvalue weighted by Gasteiger charge is -2.45. The lowest BCUT2D eigenvalue weighted by Crippen LogP contribution is -2.53. The summed E-state index contributed by atoms with van der Waals surface area (Å²) in [5, 5.41) is 0. The molecule has 132 valence electrons. The Morgan fingerprint density at radius 1 is 1.12 bits per heavy atom. The average Bonchev–Trinajstić information content (AvgIpc) is 2.59. The van der Waals surface area contributed by atoms with Crippen molar-refractivity contribution < 1.29 is 14.2 Å². The highest BCUT2D eigenvalue weighted by Gasteiger charge is 2.34. The second-order valence-electron chi connectivity index (χ2n) is 6.65. The van der Waals surface area contributed by atoms with Crippen molar-refractivity contribution in [1.82, 2.24) is 4.90 Å². The van der Waals surface area contributed by atoms with Crippen molar-refractivity contribution in [3.8, 4) is 0 Å². The Morgan fingerprint density at radius 2 is 2.00 bits per heavy atom. The van der Waals surface area contributed by atoms with E-state index in [0.717, 1.165) is 45.6 Å². The van der Waals surface area contributed by atoms with Gasteiger partial charge >= 0.3 is 0 Å². The Morgan fingerprint density at radius 3 is 2.79 bits per heavy atom. The molecule has 2 atom stereocenters. The van der Waals surface area contributed by atoms with Crippen molar-refractivity contribution in [1.29, 1.82) is 0 Å². The highest BCUT2D eigenvalue weighted by Crippen LogP contribution is 2.30. The Hall–Kier alpha value is -1.20. The molecule has 2 aliphatic heterocycles. The van der Waals surface area contributed by atoms with E-state index in [1.807, 2.05) is 0 Å². The minimum Gasteiger partial charge on any atom is -0.382 e. The molecule has 1 aromatic rings. The zero-order valence-corrected chi connectivity index (χ0v) is 14.7. The van der Waals surface area contributed by atoms with Crippen LogP contribution in [0.15, 0.2) is 42.0 Å². The molecular formula is C20H29NO3. The molecule has 0 saturated carbocycles. The van der Waals surface area contributed by atoms with Gasteiger partial charge < -0.3 is 14.2 Å². The van der Waals surface area contributed by atoms with E-state index in [1.54, 1.807) is 12.7 Å². The molecular weight excluding hydrogens is 302 g/mol. The molecule has 1 aromatic carbocycles. The van der Waals surface area contributed by atoms with Gasteiger partial charge in [-0.15, -0.1) is 0 Å². The Kier molecular flexibility index (Phi) is 6.85. The highest BCUT2D eigenvalue weighted by atomic mass is 16.5. The average molecular weight is 331 g/mol. The van der Waals surface area contributed by atoms with Gasteiger partial charge in [-0.1, -0.05) is 42.0 Å². The fraction of sp³-hybridized carbons (Fsp3) is 0.600. The number of rotatable bonds is 9. The van der Waals surface area contributed by atoms with Gasteiger partial charge in [0.05, 0.1) is 32.5 Å². The smallest absolute Gasteiger partial charge is 0.0700 e. The van der Waals surface area contributed by atoms with Crippen LogP contribution in [0.3, 0.4) is 0 Å². The minimum absolute atomic E-state index is 0.419. The molecule has 1 saturated heterocycles. The van der Waals surface area contributed by atoms with E-state index in [-0.39, 0.29) is 0 Å². The minimum atomic E-state index is 0.419. The molecule has 2 unspecified atom stereocenters. The third-order valence-electron chi connectivity index (χ3n) is 4.85. The topological polar surface area (TPSA) is 30.9 Å². The van der Waals surface area contributed by atoms with E-state index in [1.165, 1.54) is 5.56 Å². The van der Waals surface area contributed by atoms with Gasteiger partial charge in [0, 0.05) is 26.3 Å². The van der Waals surface area contributed by atoms with Crippen molar-refractivity contribution in [3.63, 3.8) is 0 Å². The van der Waals surface area contributed by atoms with Crippen LogP contribution in [0, 0.1) is 0 Å². The predicted octanol–water partition coefficient (Wildman–Crippen LogP) is 3.03. The first-order valence-corrected chi connectivity index (χ1v) is 9.00. The number of benzene rings is 1. The first-order valence-electron chi connectivity index (χ1n) is 9.00. The number of fused-ring (bicyclic) bond motifs is 2. The van der Waals surface area contributed by atoms with Gasteiger partial charge in [-0.25, -0.2) is 0 Å². The van der Waals surface area contributed by atoms with Gasteiger partial charge in [0.1, 0.15) is 0 Å². The van der Waals surface area contributed by atoms with E-state index in [4.69, 9.17) is 14.2 Å². The Bertz CT molecular complexity index is 517. The summed E-state index contributed by atoms with van der Waals surface area (Å²) in [4.78, 5) is 2.61. The number of nitrogens with zero attached hydrogens (tertiary/aromatic N) is 1. The van der Waals surface area contributed by atoms with Crippen molar-refractivity contribution in [2.75, 3.05) is 40.1 Å². The van der Waals surface area contributed by atoms with E-state index in [9.17, 15) is 0 Å². The summed E-state index contributed by atoms with van der Waals surface area (Å²) in [6.45, 7) is 4.88. The van der Waals surface area contributed by atoms with Gasteiger partial charge in [-0.05, 0) is 24.8 Å². The van der Waals surface area contributed by atoms with Crippen LogP contribution in [0.4, 0.5) is 0 Å². The van der Waals surface area contributed by atoms with E-state index in [2.05, 4.69) is 41.3 Å². The van der Waals surface area contributed by atoms with Crippen LogP contribution in [0.1, 0.15) is 24.8 Å². The van der Waals surface area contributed by atoms with Gasteiger partial charge in [0.15, 0.2) is 0 Å². The first kappa shape index (κ1) is 17.6. The summed E-state index contributed by atoms with van der Waals surface area (Å²) >= 11 is 0. The molecule has 2 aliphatic rings. The van der Waals surface area contributed by atoms with E-state index in [0.29, 0.717) is 25.3 Å². The van der Waals surface area contributed by atoms with Crippen LogP contribution < -0.4 is 0 Å². The lowest BCUT2D eigenvalue weighted by atomic mass is 9.91. The molecule has 0 aromatic heterocycles. The predicted molar refractivity (Wildman–Crippen MR) is 95.0 cm³/mol. The number of hydrogen-bond acceptors (Lipinski definition) is 4. The Balaban J connectivity index is 1.51. The first-order chi connectivity index (χ1) is 11.9. The number of ether oxygens (including phenoxy) is 3. The maximum Gasteiger partial charge on any atom is 0.0700 e. The third-order valence-corrected chi connectivity index (χ3v) is 4.85. The zero-order valence-electron chi connectivity index (χ0n) is 14.7. The van der Waals surface area contributed by atoms with Crippen LogP contribution in [0.2, 0.25) is 0 Å². The van der Waals surface area contributed by atoms with Crippen molar-refractivity contribution in [2.24, 2.45) is 0 Å². The fourth-order valence-corrected chi connectivity index (χ4v) is 3.62. The summed E-state index contributed by atoms with van der Waals surface area (Å²) in [6, 6.07) is 11.7. The van der Waals surface area contributed by atoms with Gasteiger partial charge in [0.2, 0.25) is 0 Å². The molecule has 4 heteroatoms. The summed E-state index contributed by atoms with van der Waals surface area (Å²) in [5.74, 6) is 0. The molecule has 3 rings (SSSR count). The van der Waals surface area contributed by atoms with E-state index >= 15 is 0 Å². The summed E-state index contributed by atoms with van der Waals surface area (Å²) in [5.41, 5.74) is 2.96. The lowest BCUT2D eigenvalue weighted by molar-refractivity contribution is -0.0443. The van der Waals surface area contributed by atoms with Crippen molar-refractivity contribution in [3.05, 3.63) is 47.5 Å². The van der Waals surface area contributed by atoms with Gasteiger partial charge in [-0.2, -0.15) is 0 Å². The second-order valence-corrected chi connectivity index (χ2v) is 6.65. The van der Waals surface area contributed by atoms with Gasteiger partial charge in [-0.3, -0.25) is 4.90 Å². The van der Waals surface area contributed by atoms with Crippen molar-refractivity contribution in [2.45, 2.75) is 37.9 Å². The number of hydrogen-bond donors (Lipinski definition) is 0. The molecule has 4 nitrogen and oxygen atoms in total. The molecule has 2 heterocycles. The van der Waals surface area contributed by atoms with E-state index < -0.39 is 0 Å². The molecule has 24 heavy (non-hydrogen) atoms. The summed E-state index contributed by atoms with van der Waals surface area (Å²) < 4.78 is 16.4.